The molecule has 1 amide bonds. The lowest BCUT2D eigenvalue weighted by molar-refractivity contribution is 0.0996. The Morgan fingerprint density at radius 3 is 2.44 bits per heavy atom. The minimum atomic E-state index is -0.996. The molecular formula is C25H30ClFN4O3. The Kier molecular flexibility index (Phi) is 7.53. The fourth-order valence-electron chi connectivity index (χ4n) is 4.47. The number of fused-ring (bicyclic) bond motifs is 1. The first-order chi connectivity index (χ1) is 15.7. The third-order valence-electron chi connectivity index (χ3n) is 6.12. The summed E-state index contributed by atoms with van der Waals surface area (Å²) < 4.78 is 16.2. The molecule has 1 aliphatic rings. The second-order valence-electron chi connectivity index (χ2n) is 9.09. The van der Waals surface area contributed by atoms with Crippen LogP contribution >= 0.6 is 12.4 Å². The summed E-state index contributed by atoms with van der Waals surface area (Å²) in [6.07, 6.45) is 0. The molecule has 0 atom stereocenters. The second-order valence-corrected chi connectivity index (χ2v) is 9.09. The number of carbonyl (C=O) groups is 1. The molecule has 2 heterocycles. The van der Waals surface area contributed by atoms with Crippen LogP contribution in [0.1, 0.15) is 24.2 Å². The Morgan fingerprint density at radius 1 is 1.15 bits per heavy atom. The summed E-state index contributed by atoms with van der Waals surface area (Å²) in [5, 5.41) is 11.3. The van der Waals surface area contributed by atoms with Crippen molar-refractivity contribution in [3.63, 3.8) is 0 Å². The molecule has 7 nitrogen and oxygen atoms in total. The van der Waals surface area contributed by atoms with E-state index in [1.165, 1.54) is 16.7 Å². The summed E-state index contributed by atoms with van der Waals surface area (Å²) in [5.74, 6) is -1.76. The van der Waals surface area contributed by atoms with E-state index in [1.807, 2.05) is 19.9 Å². The van der Waals surface area contributed by atoms with E-state index in [2.05, 4.69) is 16.8 Å². The van der Waals surface area contributed by atoms with E-state index in [4.69, 9.17) is 5.73 Å². The van der Waals surface area contributed by atoms with Gasteiger partial charge in [-0.2, -0.15) is 0 Å². The van der Waals surface area contributed by atoms with Gasteiger partial charge in [0.15, 0.2) is 0 Å². The largest absolute Gasteiger partial charge is 0.506 e. The lowest BCUT2D eigenvalue weighted by atomic mass is 9.97. The fourth-order valence-corrected chi connectivity index (χ4v) is 4.47. The van der Waals surface area contributed by atoms with Crippen LogP contribution in [0.2, 0.25) is 0 Å². The van der Waals surface area contributed by atoms with Gasteiger partial charge < -0.3 is 25.2 Å². The Bertz CT molecular complexity index is 1280. The van der Waals surface area contributed by atoms with Crippen LogP contribution in [0.3, 0.4) is 0 Å². The Hall–Kier alpha value is -3.10. The highest BCUT2D eigenvalue weighted by Gasteiger charge is 2.24. The van der Waals surface area contributed by atoms with Crippen molar-refractivity contribution in [3.05, 3.63) is 58.1 Å². The van der Waals surface area contributed by atoms with Gasteiger partial charge in [0.1, 0.15) is 17.1 Å². The van der Waals surface area contributed by atoms with Gasteiger partial charge in [-0.1, -0.05) is 26.0 Å². The van der Waals surface area contributed by atoms with Crippen molar-refractivity contribution in [2.45, 2.75) is 20.4 Å². The molecule has 0 aliphatic carbocycles. The van der Waals surface area contributed by atoms with Crippen LogP contribution in [-0.4, -0.2) is 53.7 Å². The predicted molar refractivity (Wildman–Crippen MR) is 136 cm³/mol. The van der Waals surface area contributed by atoms with E-state index >= 15 is 0 Å². The van der Waals surface area contributed by atoms with Gasteiger partial charge in [0.05, 0.1) is 5.52 Å². The fraction of sp³-hybridized carbons (Fsp3) is 0.360. The Labute approximate surface area is 204 Å². The van der Waals surface area contributed by atoms with Crippen LogP contribution in [0.25, 0.3) is 22.0 Å². The standard InChI is InChI=1S/C25H29FN4O3.ClH/c1-15(2)14-30-20-6-4-5-19(21(20)23(31)22(24(27)32)25(30)33)16-11-17(26)13-18(12-16)29-9-7-28(3)8-10-29;/h4-6,11-13,15,31H,7-10,14H2,1-3H3,(H2,27,32);1H. The lowest BCUT2D eigenvalue weighted by Gasteiger charge is -2.34. The number of carbonyl (C=O) groups excluding carboxylic acids is 1. The number of benzene rings is 2. The zero-order valence-electron chi connectivity index (χ0n) is 19.5. The van der Waals surface area contributed by atoms with E-state index in [0.717, 1.165) is 31.9 Å². The van der Waals surface area contributed by atoms with Crippen molar-refractivity contribution in [2.24, 2.45) is 11.7 Å². The van der Waals surface area contributed by atoms with Gasteiger partial charge in [-0.05, 0) is 48.4 Å². The van der Waals surface area contributed by atoms with Crippen molar-refractivity contribution in [1.82, 2.24) is 9.47 Å². The molecular weight excluding hydrogens is 459 g/mol. The molecule has 4 rings (SSSR count). The maximum Gasteiger partial charge on any atom is 0.267 e. The van der Waals surface area contributed by atoms with Crippen molar-refractivity contribution in [2.75, 3.05) is 38.1 Å². The Morgan fingerprint density at radius 2 is 1.82 bits per heavy atom. The maximum absolute atomic E-state index is 14.7. The van der Waals surface area contributed by atoms with Gasteiger partial charge in [-0.3, -0.25) is 9.59 Å². The monoisotopic (exact) mass is 488 g/mol. The van der Waals surface area contributed by atoms with E-state index in [-0.39, 0.29) is 18.3 Å². The van der Waals surface area contributed by atoms with E-state index in [9.17, 15) is 19.1 Å². The number of piperazine rings is 1. The average Bonchev–Trinajstić information content (AvgIpc) is 2.76. The summed E-state index contributed by atoms with van der Waals surface area (Å²) in [6.45, 7) is 7.56. The second kappa shape index (κ2) is 10.0. The molecule has 0 bridgehead atoms. The van der Waals surface area contributed by atoms with E-state index in [0.29, 0.717) is 28.6 Å². The molecule has 0 spiro atoms. The average molecular weight is 489 g/mol. The maximum atomic E-state index is 14.7. The third-order valence-corrected chi connectivity index (χ3v) is 6.12. The number of nitrogens with zero attached hydrogens (tertiary/aromatic N) is 3. The zero-order valence-corrected chi connectivity index (χ0v) is 20.4. The van der Waals surface area contributed by atoms with Crippen LogP contribution in [0.4, 0.5) is 10.1 Å². The highest BCUT2D eigenvalue weighted by atomic mass is 35.5. The molecule has 0 unspecified atom stereocenters. The van der Waals surface area contributed by atoms with Crippen LogP contribution in [-0.2, 0) is 6.54 Å². The molecule has 1 saturated heterocycles. The molecule has 1 fully saturated rings. The molecule has 0 saturated carbocycles. The van der Waals surface area contributed by atoms with Crippen molar-refractivity contribution >= 4 is 34.9 Å². The number of primary amides is 1. The number of halogens is 2. The first-order valence-electron chi connectivity index (χ1n) is 11.1. The summed E-state index contributed by atoms with van der Waals surface area (Å²) >= 11 is 0. The number of pyridine rings is 1. The quantitative estimate of drug-likeness (QED) is 0.574. The number of hydrogen-bond acceptors (Lipinski definition) is 5. The van der Waals surface area contributed by atoms with Crippen molar-refractivity contribution < 1.29 is 14.3 Å². The smallest absolute Gasteiger partial charge is 0.267 e. The minimum Gasteiger partial charge on any atom is -0.506 e. The van der Waals surface area contributed by atoms with E-state index in [1.54, 1.807) is 18.2 Å². The summed E-state index contributed by atoms with van der Waals surface area (Å²) in [6, 6.07) is 10.0. The predicted octanol–water partition coefficient (Wildman–Crippen LogP) is 3.44. The summed E-state index contributed by atoms with van der Waals surface area (Å²) in [4.78, 5) is 29.4. The van der Waals surface area contributed by atoms with Crippen LogP contribution in [0.15, 0.2) is 41.2 Å². The van der Waals surface area contributed by atoms with Gasteiger partial charge >= 0.3 is 0 Å². The van der Waals surface area contributed by atoms with Gasteiger partial charge in [0, 0.05) is 43.8 Å². The Balaban J connectivity index is 0.00000324. The molecule has 9 heteroatoms. The first kappa shape index (κ1) is 25.5. The molecule has 3 N–H and O–H groups in total. The normalized spacial score (nSPS) is 14.4. The SMILES string of the molecule is CC(C)Cn1c(=O)c(C(N)=O)c(O)c2c(-c3cc(F)cc(N4CCN(C)CC4)c3)cccc21.Cl. The van der Waals surface area contributed by atoms with Gasteiger partial charge in [0.2, 0.25) is 0 Å². The summed E-state index contributed by atoms with van der Waals surface area (Å²) in [7, 11) is 2.06. The van der Waals surface area contributed by atoms with Crippen LogP contribution in [0.5, 0.6) is 5.75 Å². The van der Waals surface area contributed by atoms with Gasteiger partial charge in [0.25, 0.3) is 11.5 Å². The highest BCUT2D eigenvalue weighted by Crippen LogP contribution is 2.37. The van der Waals surface area contributed by atoms with Gasteiger partial charge in [-0.25, -0.2) is 4.39 Å². The molecule has 1 aromatic heterocycles. The first-order valence-corrected chi connectivity index (χ1v) is 11.1. The molecule has 34 heavy (non-hydrogen) atoms. The minimum absolute atomic E-state index is 0. The van der Waals surface area contributed by atoms with Crippen molar-refractivity contribution in [3.8, 4) is 16.9 Å². The topological polar surface area (TPSA) is 91.8 Å². The third kappa shape index (κ3) is 4.74. The molecule has 182 valence electrons. The van der Waals surface area contributed by atoms with E-state index < -0.39 is 28.6 Å². The van der Waals surface area contributed by atoms with Gasteiger partial charge in [-0.15, -0.1) is 12.4 Å². The number of amides is 1. The number of anilines is 1. The summed E-state index contributed by atoms with van der Waals surface area (Å²) in [5.41, 5.74) is 6.69. The van der Waals surface area contributed by atoms with Crippen molar-refractivity contribution in [1.29, 1.82) is 0 Å². The molecule has 3 aromatic rings. The number of aromatic hydroxyl groups is 1. The van der Waals surface area contributed by atoms with Crippen LogP contribution < -0.4 is 16.2 Å². The van der Waals surface area contributed by atoms with Crippen LogP contribution in [0, 0.1) is 11.7 Å². The molecule has 0 radical (unpaired) electrons. The highest BCUT2D eigenvalue weighted by molar-refractivity contribution is 6.06. The number of hydrogen-bond donors (Lipinski definition) is 2. The molecule has 2 aromatic carbocycles. The zero-order chi connectivity index (χ0) is 23.9. The number of nitrogens with two attached hydrogens (primary N) is 1. The molecule has 1 aliphatic heterocycles. The number of aromatic nitrogens is 1. The number of likely N-dealkylation sites (N-methyl/N-ethyl adjacent to an activating group) is 1. The number of rotatable bonds is 5. The lowest BCUT2D eigenvalue weighted by Crippen LogP contribution is -2.44.